The molecule has 0 amide bonds. The molecular formula is C16H21F2NO. The first-order valence-corrected chi connectivity index (χ1v) is 7.24. The molecule has 2 nitrogen and oxygen atoms in total. The van der Waals surface area contributed by atoms with Crippen molar-refractivity contribution >= 4 is 12.0 Å². The van der Waals surface area contributed by atoms with E-state index >= 15 is 0 Å². The quantitative estimate of drug-likeness (QED) is 0.771. The zero-order chi connectivity index (χ0) is 14.8. The molecule has 4 heteroatoms. The van der Waals surface area contributed by atoms with E-state index in [9.17, 15) is 13.6 Å². The number of benzene rings is 1. The van der Waals surface area contributed by atoms with Crippen molar-refractivity contribution < 1.29 is 13.6 Å². The molecule has 0 unspecified atom stereocenters. The van der Waals surface area contributed by atoms with Crippen LogP contribution in [0.2, 0.25) is 0 Å². The van der Waals surface area contributed by atoms with E-state index in [1.165, 1.54) is 0 Å². The van der Waals surface area contributed by atoms with Crippen molar-refractivity contribution in [3.63, 3.8) is 0 Å². The molecule has 0 aliphatic carbocycles. The van der Waals surface area contributed by atoms with Crippen LogP contribution in [-0.4, -0.2) is 19.4 Å². The third-order valence-electron chi connectivity index (χ3n) is 4.82. The molecule has 0 bridgehead atoms. The van der Waals surface area contributed by atoms with Crippen LogP contribution >= 0.6 is 0 Å². The minimum Gasteiger partial charge on any atom is -0.367 e. The number of rotatable bonds is 4. The van der Waals surface area contributed by atoms with Crippen molar-refractivity contribution in [2.24, 2.45) is 5.41 Å². The van der Waals surface area contributed by atoms with E-state index in [-0.39, 0.29) is 11.3 Å². The van der Waals surface area contributed by atoms with Crippen LogP contribution < -0.4 is 4.90 Å². The second-order valence-electron chi connectivity index (χ2n) is 5.65. The average molecular weight is 281 g/mol. The summed E-state index contributed by atoms with van der Waals surface area (Å²) in [6.07, 6.45) is 4.58. The van der Waals surface area contributed by atoms with E-state index in [1.54, 1.807) is 4.90 Å². The van der Waals surface area contributed by atoms with Crippen molar-refractivity contribution in [2.75, 3.05) is 18.0 Å². The Hall–Kier alpha value is -1.45. The predicted octanol–water partition coefficient (Wildman–Crippen LogP) is 4.18. The van der Waals surface area contributed by atoms with Crippen LogP contribution in [0.4, 0.5) is 14.5 Å². The Balaban J connectivity index is 2.21. The second-order valence-corrected chi connectivity index (χ2v) is 5.65. The molecule has 0 spiro atoms. The largest absolute Gasteiger partial charge is 0.367 e. The lowest BCUT2D eigenvalue weighted by atomic mass is 9.74. The van der Waals surface area contributed by atoms with Crippen LogP contribution in [0.3, 0.4) is 0 Å². The normalized spacial score (nSPS) is 18.1. The molecule has 1 fully saturated rings. The van der Waals surface area contributed by atoms with E-state index in [0.717, 1.165) is 37.8 Å². The number of carbonyl (C=O) groups excluding carboxylic acids is 1. The summed E-state index contributed by atoms with van der Waals surface area (Å²) in [5, 5.41) is 0. The third-order valence-corrected chi connectivity index (χ3v) is 4.82. The average Bonchev–Trinajstić information content (AvgIpc) is 2.47. The number of hydrogen-bond donors (Lipinski definition) is 0. The molecule has 110 valence electrons. The fourth-order valence-corrected chi connectivity index (χ4v) is 3.12. The Morgan fingerprint density at radius 3 is 2.05 bits per heavy atom. The molecule has 0 saturated carbocycles. The Morgan fingerprint density at radius 1 is 1.15 bits per heavy atom. The van der Waals surface area contributed by atoms with Gasteiger partial charge in [-0.15, -0.1) is 0 Å². The third kappa shape index (κ3) is 2.69. The van der Waals surface area contributed by atoms with Gasteiger partial charge in [0, 0.05) is 18.7 Å². The zero-order valence-corrected chi connectivity index (χ0v) is 12.1. The molecule has 1 saturated heterocycles. The predicted molar refractivity (Wildman–Crippen MR) is 76.2 cm³/mol. The molecule has 0 atom stereocenters. The van der Waals surface area contributed by atoms with Gasteiger partial charge in [-0.2, -0.15) is 0 Å². The number of halogens is 2. The van der Waals surface area contributed by atoms with E-state index in [0.29, 0.717) is 24.8 Å². The van der Waals surface area contributed by atoms with Crippen molar-refractivity contribution in [1.29, 1.82) is 0 Å². The van der Waals surface area contributed by atoms with Gasteiger partial charge >= 0.3 is 0 Å². The number of piperidine rings is 1. The summed E-state index contributed by atoms with van der Waals surface area (Å²) in [5.74, 6) is -1.29. The maximum Gasteiger partial charge on any atom is 0.150 e. The highest BCUT2D eigenvalue weighted by atomic mass is 19.1. The minimum atomic E-state index is -0.646. The summed E-state index contributed by atoms with van der Waals surface area (Å²) in [5.41, 5.74) is 0.361. The van der Waals surface area contributed by atoms with E-state index in [1.807, 2.05) is 0 Å². The van der Waals surface area contributed by atoms with Gasteiger partial charge in [-0.05, 0) is 30.4 Å². The molecule has 0 radical (unpaired) electrons. The minimum absolute atomic E-state index is 0.0106. The number of hydrogen-bond acceptors (Lipinski definition) is 2. The van der Waals surface area contributed by atoms with Crippen molar-refractivity contribution in [2.45, 2.75) is 39.5 Å². The number of carbonyl (C=O) groups is 1. The van der Waals surface area contributed by atoms with Crippen molar-refractivity contribution in [1.82, 2.24) is 0 Å². The Labute approximate surface area is 118 Å². The fourth-order valence-electron chi connectivity index (χ4n) is 3.12. The maximum atomic E-state index is 14.0. The highest BCUT2D eigenvalue weighted by molar-refractivity contribution is 5.76. The smallest absolute Gasteiger partial charge is 0.150 e. The SMILES string of the molecule is CCC1(CC)CCN(c2c(F)cc(C=O)cc2F)CC1. The van der Waals surface area contributed by atoms with E-state index in [4.69, 9.17) is 0 Å². The fraction of sp³-hybridized carbons (Fsp3) is 0.562. The number of anilines is 1. The highest BCUT2D eigenvalue weighted by Gasteiger charge is 2.32. The summed E-state index contributed by atoms with van der Waals surface area (Å²) in [6, 6.07) is 2.21. The maximum absolute atomic E-state index is 14.0. The first kappa shape index (κ1) is 14.9. The van der Waals surface area contributed by atoms with Gasteiger partial charge in [-0.25, -0.2) is 8.78 Å². The summed E-state index contributed by atoms with van der Waals surface area (Å²) in [6.45, 7) is 5.68. The number of aldehydes is 1. The molecule has 1 aromatic carbocycles. The van der Waals surface area contributed by atoms with Gasteiger partial charge in [0.1, 0.15) is 23.6 Å². The lowest BCUT2D eigenvalue weighted by molar-refractivity contribution is 0.112. The second kappa shape index (κ2) is 5.90. The summed E-state index contributed by atoms with van der Waals surface area (Å²) in [7, 11) is 0. The highest BCUT2D eigenvalue weighted by Crippen LogP contribution is 2.40. The molecule has 0 N–H and O–H groups in total. The molecule has 20 heavy (non-hydrogen) atoms. The lowest BCUT2D eigenvalue weighted by Crippen LogP contribution is -2.40. The first-order valence-electron chi connectivity index (χ1n) is 7.24. The van der Waals surface area contributed by atoms with Crippen LogP contribution in [0.15, 0.2) is 12.1 Å². The summed E-state index contributed by atoms with van der Waals surface area (Å²) in [4.78, 5) is 12.4. The van der Waals surface area contributed by atoms with Gasteiger partial charge in [0.2, 0.25) is 0 Å². The van der Waals surface area contributed by atoms with E-state index < -0.39 is 11.6 Å². The van der Waals surface area contributed by atoms with Gasteiger partial charge < -0.3 is 4.90 Å². The molecule has 1 heterocycles. The van der Waals surface area contributed by atoms with Gasteiger partial charge in [-0.1, -0.05) is 26.7 Å². The Kier molecular flexibility index (Phi) is 4.41. The van der Waals surface area contributed by atoms with E-state index in [2.05, 4.69) is 13.8 Å². The van der Waals surface area contributed by atoms with Gasteiger partial charge in [0.05, 0.1) is 0 Å². The molecule has 1 aliphatic rings. The van der Waals surface area contributed by atoms with Crippen LogP contribution in [0, 0.1) is 17.0 Å². The molecule has 1 aromatic rings. The monoisotopic (exact) mass is 281 g/mol. The molecule has 0 aromatic heterocycles. The van der Waals surface area contributed by atoms with Crippen molar-refractivity contribution in [3.8, 4) is 0 Å². The van der Waals surface area contributed by atoms with Gasteiger partial charge in [-0.3, -0.25) is 4.79 Å². The lowest BCUT2D eigenvalue weighted by Gasteiger charge is -2.42. The number of nitrogens with zero attached hydrogens (tertiary/aromatic N) is 1. The first-order chi connectivity index (χ1) is 9.55. The molecule has 1 aliphatic heterocycles. The van der Waals surface area contributed by atoms with Crippen LogP contribution in [0.1, 0.15) is 49.9 Å². The van der Waals surface area contributed by atoms with Gasteiger partial charge in [0.15, 0.2) is 0 Å². The van der Waals surface area contributed by atoms with Crippen LogP contribution in [-0.2, 0) is 0 Å². The van der Waals surface area contributed by atoms with Crippen molar-refractivity contribution in [3.05, 3.63) is 29.3 Å². The Morgan fingerprint density at radius 2 is 1.65 bits per heavy atom. The zero-order valence-electron chi connectivity index (χ0n) is 12.1. The van der Waals surface area contributed by atoms with Crippen LogP contribution in [0.25, 0.3) is 0 Å². The molecular weight excluding hydrogens is 260 g/mol. The standard InChI is InChI=1S/C16H21F2NO/c1-3-16(4-2)5-7-19(8-6-16)15-13(17)9-12(11-20)10-14(15)18/h9-11H,3-8H2,1-2H3. The van der Waals surface area contributed by atoms with Crippen LogP contribution in [0.5, 0.6) is 0 Å². The summed E-state index contributed by atoms with van der Waals surface area (Å²) >= 11 is 0. The summed E-state index contributed by atoms with van der Waals surface area (Å²) < 4.78 is 28.0. The van der Waals surface area contributed by atoms with Gasteiger partial charge in [0.25, 0.3) is 0 Å². The Bertz CT molecular complexity index is 464. The topological polar surface area (TPSA) is 20.3 Å². The molecule has 2 rings (SSSR count).